The van der Waals surface area contributed by atoms with Crippen LogP contribution in [0.2, 0.25) is 0 Å². The number of likely N-dealkylation sites (N-methyl/N-ethyl adjacent to an activating group) is 1. The Morgan fingerprint density at radius 3 is 2.39 bits per heavy atom. The van der Waals surface area contributed by atoms with E-state index in [-0.39, 0.29) is 42.2 Å². The molecule has 1 unspecified atom stereocenters. The van der Waals surface area contributed by atoms with E-state index in [2.05, 4.69) is 35.6 Å². The SMILES string of the molecule is CNC(=O)[C@@H](NC(=O)[C@H]1CN(C(=O)c2cnn(Cc3ccccc3)c2)CC12CN(C(=O)C1CC1(C)C)C2)[C@@H](C)OCc1cccc(C#N)c1. The fraction of sp³-hybridized carbons (Fsp3) is 0.459. The van der Waals surface area contributed by atoms with Gasteiger partial charge in [-0.05, 0) is 42.0 Å². The molecule has 4 atom stereocenters. The summed E-state index contributed by atoms with van der Waals surface area (Å²) in [6.07, 6.45) is 3.39. The minimum Gasteiger partial charge on any atom is -0.371 e. The molecule has 2 aromatic carbocycles. The summed E-state index contributed by atoms with van der Waals surface area (Å²) in [5, 5.41) is 19.2. The lowest BCUT2D eigenvalue weighted by Crippen LogP contribution is -2.65. The first kappa shape index (κ1) is 33.9. The minimum absolute atomic E-state index is 0.0268. The monoisotopic (exact) mass is 665 g/mol. The van der Waals surface area contributed by atoms with Crippen LogP contribution in [0.5, 0.6) is 0 Å². The van der Waals surface area contributed by atoms with Gasteiger partial charge in [-0.3, -0.25) is 23.9 Å². The molecule has 2 N–H and O–H groups in total. The summed E-state index contributed by atoms with van der Waals surface area (Å²) in [6, 6.07) is 17.9. The molecular formula is C37H43N7O5. The zero-order valence-corrected chi connectivity index (χ0v) is 28.4. The summed E-state index contributed by atoms with van der Waals surface area (Å²) in [4.78, 5) is 57.8. The molecular weight excluding hydrogens is 622 g/mol. The zero-order chi connectivity index (χ0) is 34.9. The summed E-state index contributed by atoms with van der Waals surface area (Å²) in [6.45, 7) is 7.70. The quantitative estimate of drug-likeness (QED) is 0.320. The van der Waals surface area contributed by atoms with E-state index in [1.165, 1.54) is 7.05 Å². The van der Waals surface area contributed by atoms with E-state index >= 15 is 0 Å². The summed E-state index contributed by atoms with van der Waals surface area (Å²) < 4.78 is 7.73. The van der Waals surface area contributed by atoms with Crippen LogP contribution in [-0.4, -0.2) is 88.6 Å². The number of hydrogen-bond acceptors (Lipinski definition) is 7. The van der Waals surface area contributed by atoms with E-state index in [1.54, 1.807) is 47.1 Å². The highest BCUT2D eigenvalue weighted by Crippen LogP contribution is 2.54. The molecule has 0 radical (unpaired) electrons. The maximum Gasteiger partial charge on any atom is 0.257 e. The Morgan fingerprint density at radius 2 is 1.71 bits per heavy atom. The Hall–Kier alpha value is -5.02. The number of ether oxygens (including phenoxy) is 1. The number of nitrogens with zero attached hydrogens (tertiary/aromatic N) is 5. The van der Waals surface area contributed by atoms with E-state index < -0.39 is 29.4 Å². The fourth-order valence-electron chi connectivity index (χ4n) is 7.16. The highest BCUT2D eigenvalue weighted by atomic mass is 16.5. The van der Waals surface area contributed by atoms with Gasteiger partial charge in [0.05, 0.1) is 48.6 Å². The van der Waals surface area contributed by atoms with Crippen LogP contribution in [0.25, 0.3) is 0 Å². The third-order valence-corrected chi connectivity index (χ3v) is 10.3. The van der Waals surface area contributed by atoms with Crippen molar-refractivity contribution in [1.29, 1.82) is 5.26 Å². The molecule has 2 saturated heterocycles. The summed E-state index contributed by atoms with van der Waals surface area (Å²) in [5.74, 6) is -1.62. The van der Waals surface area contributed by atoms with Crippen molar-refractivity contribution >= 4 is 23.6 Å². The number of hydrogen-bond donors (Lipinski definition) is 2. The molecule has 3 aromatic rings. The molecule has 256 valence electrons. The Balaban J connectivity index is 1.18. The van der Waals surface area contributed by atoms with E-state index in [0.717, 1.165) is 17.5 Å². The molecule has 3 fully saturated rings. The standard InChI is InChI=1S/C37H43N7O5/c1-24(49-20-27-12-8-11-26(13-27)15-38)31(33(46)39-4)41-32(45)30-19-42(21-37(30)22-43(23-37)35(48)29-14-36(29,2)3)34(47)28-16-40-44(18-28)17-25-9-6-5-7-10-25/h5-13,16,18,24,29-31H,14,17,19-23H2,1-4H3,(H,39,46)(H,41,45)/t24-,29?,30-,31+/m1/s1. The van der Waals surface area contributed by atoms with Crippen molar-refractivity contribution in [1.82, 2.24) is 30.2 Å². The molecule has 3 aliphatic rings. The van der Waals surface area contributed by atoms with E-state index in [9.17, 15) is 24.4 Å². The highest BCUT2D eigenvalue weighted by Gasteiger charge is 2.62. The van der Waals surface area contributed by atoms with Gasteiger partial charge in [-0.2, -0.15) is 10.4 Å². The van der Waals surface area contributed by atoms with Crippen molar-refractivity contribution in [2.75, 3.05) is 33.2 Å². The van der Waals surface area contributed by atoms with Crippen molar-refractivity contribution in [3.8, 4) is 6.07 Å². The smallest absolute Gasteiger partial charge is 0.257 e. The lowest BCUT2D eigenvalue weighted by molar-refractivity contribution is -0.152. The van der Waals surface area contributed by atoms with Crippen LogP contribution >= 0.6 is 0 Å². The molecule has 12 heteroatoms. The lowest BCUT2D eigenvalue weighted by Gasteiger charge is -2.50. The number of rotatable bonds is 11. The summed E-state index contributed by atoms with van der Waals surface area (Å²) in [5.41, 5.74) is 2.06. The van der Waals surface area contributed by atoms with Gasteiger partial charge in [0.2, 0.25) is 17.7 Å². The molecule has 1 spiro atoms. The first-order valence-electron chi connectivity index (χ1n) is 16.7. The number of carbonyl (C=O) groups is 4. The van der Waals surface area contributed by atoms with Crippen molar-refractivity contribution in [3.63, 3.8) is 0 Å². The van der Waals surface area contributed by atoms with Crippen LogP contribution in [0.15, 0.2) is 67.0 Å². The highest BCUT2D eigenvalue weighted by molar-refractivity contribution is 5.95. The van der Waals surface area contributed by atoms with Gasteiger partial charge in [0, 0.05) is 50.8 Å². The molecule has 1 aliphatic carbocycles. The van der Waals surface area contributed by atoms with Gasteiger partial charge in [-0.25, -0.2) is 0 Å². The van der Waals surface area contributed by atoms with Crippen molar-refractivity contribution in [3.05, 3.63) is 89.2 Å². The van der Waals surface area contributed by atoms with Crippen LogP contribution in [-0.2, 0) is 32.3 Å². The average Bonchev–Trinajstić information content (AvgIpc) is 3.39. The van der Waals surface area contributed by atoms with Crippen molar-refractivity contribution in [2.45, 2.75) is 52.5 Å². The fourth-order valence-corrected chi connectivity index (χ4v) is 7.16. The molecule has 49 heavy (non-hydrogen) atoms. The van der Waals surface area contributed by atoms with Crippen LogP contribution in [0.4, 0.5) is 0 Å². The van der Waals surface area contributed by atoms with E-state index in [0.29, 0.717) is 37.3 Å². The molecule has 1 aromatic heterocycles. The van der Waals surface area contributed by atoms with Crippen LogP contribution in [0.1, 0.15) is 54.2 Å². The largest absolute Gasteiger partial charge is 0.371 e. The van der Waals surface area contributed by atoms with Crippen LogP contribution in [0, 0.1) is 34.0 Å². The molecule has 1 saturated carbocycles. The van der Waals surface area contributed by atoms with Gasteiger partial charge in [0.25, 0.3) is 5.91 Å². The van der Waals surface area contributed by atoms with Gasteiger partial charge >= 0.3 is 0 Å². The van der Waals surface area contributed by atoms with Gasteiger partial charge < -0.3 is 25.2 Å². The second-order valence-electron chi connectivity index (χ2n) is 14.4. The zero-order valence-electron chi connectivity index (χ0n) is 28.4. The topological polar surface area (TPSA) is 150 Å². The first-order chi connectivity index (χ1) is 23.4. The van der Waals surface area contributed by atoms with E-state index in [1.807, 2.05) is 41.3 Å². The maximum atomic E-state index is 14.1. The third-order valence-electron chi connectivity index (χ3n) is 10.3. The number of nitriles is 1. The van der Waals surface area contributed by atoms with Gasteiger partial charge in [-0.1, -0.05) is 56.3 Å². The number of carbonyl (C=O) groups excluding carboxylic acids is 4. The Bertz CT molecular complexity index is 1770. The van der Waals surface area contributed by atoms with Crippen LogP contribution < -0.4 is 10.6 Å². The van der Waals surface area contributed by atoms with Gasteiger partial charge in [0.15, 0.2) is 0 Å². The van der Waals surface area contributed by atoms with Gasteiger partial charge in [0.1, 0.15) is 6.04 Å². The van der Waals surface area contributed by atoms with Crippen LogP contribution in [0.3, 0.4) is 0 Å². The number of aromatic nitrogens is 2. The molecule has 6 rings (SSSR count). The predicted molar refractivity (Wildman–Crippen MR) is 179 cm³/mol. The Labute approximate surface area is 286 Å². The van der Waals surface area contributed by atoms with Gasteiger partial charge in [-0.15, -0.1) is 0 Å². The first-order valence-corrected chi connectivity index (χ1v) is 16.7. The van der Waals surface area contributed by atoms with Crippen molar-refractivity contribution in [2.24, 2.45) is 22.7 Å². The second kappa shape index (κ2) is 13.5. The number of nitrogens with one attached hydrogen (secondary N) is 2. The predicted octanol–water partition coefficient (Wildman–Crippen LogP) is 2.59. The minimum atomic E-state index is -1.01. The maximum absolute atomic E-state index is 14.1. The Kier molecular flexibility index (Phi) is 9.31. The van der Waals surface area contributed by atoms with Crippen molar-refractivity contribution < 1.29 is 23.9 Å². The lowest BCUT2D eigenvalue weighted by atomic mass is 9.70. The molecule has 12 nitrogen and oxygen atoms in total. The number of amides is 4. The molecule has 2 aliphatic heterocycles. The second-order valence-corrected chi connectivity index (χ2v) is 14.4. The Morgan fingerprint density at radius 1 is 1.02 bits per heavy atom. The third kappa shape index (κ3) is 7.08. The normalized spacial score (nSPS) is 21.3. The van der Waals surface area contributed by atoms with E-state index in [4.69, 9.17) is 4.74 Å². The molecule has 0 bridgehead atoms. The number of likely N-dealkylation sites (tertiary alicyclic amines) is 2. The average molecular weight is 666 g/mol. The summed E-state index contributed by atoms with van der Waals surface area (Å²) in [7, 11) is 1.49. The molecule has 4 amide bonds. The molecule has 3 heterocycles. The number of benzene rings is 2. The summed E-state index contributed by atoms with van der Waals surface area (Å²) >= 11 is 0.